The summed E-state index contributed by atoms with van der Waals surface area (Å²) in [6, 6.07) is 6.09. The minimum absolute atomic E-state index is 0.783. The summed E-state index contributed by atoms with van der Waals surface area (Å²) in [5.74, 6) is 0.915. The van der Waals surface area contributed by atoms with Crippen LogP contribution >= 0.6 is 0 Å². The quantitative estimate of drug-likeness (QED) is 0.900. The number of anilines is 1. The lowest BCUT2D eigenvalue weighted by atomic mass is 10.2. The van der Waals surface area contributed by atoms with Crippen molar-refractivity contribution in [1.29, 1.82) is 0 Å². The third-order valence-electron chi connectivity index (χ3n) is 3.21. The number of rotatable bonds is 4. The molecule has 0 fully saturated rings. The number of nitrogens with one attached hydrogen (secondary N) is 1. The first-order valence-electron chi connectivity index (χ1n) is 5.98. The van der Waals surface area contributed by atoms with E-state index in [1.807, 2.05) is 37.0 Å². The lowest BCUT2D eigenvalue weighted by molar-refractivity contribution is 0.412. The van der Waals surface area contributed by atoms with Gasteiger partial charge in [0.25, 0.3) is 0 Å². The van der Waals surface area contributed by atoms with E-state index in [4.69, 9.17) is 4.74 Å². The first kappa shape index (κ1) is 12.5. The number of ether oxygens (including phenoxy) is 1. The maximum atomic E-state index is 5.24. The Labute approximate surface area is 108 Å². The third kappa shape index (κ3) is 2.47. The normalized spacial score (nSPS) is 10.4. The molecule has 0 amide bonds. The number of benzene rings is 1. The SMILES string of the molecule is COc1ccc(NCc2cnn(C)c2C)cc1C. The van der Waals surface area contributed by atoms with Gasteiger partial charge in [0, 0.05) is 30.5 Å². The summed E-state index contributed by atoms with van der Waals surface area (Å²) in [5.41, 5.74) is 4.63. The zero-order chi connectivity index (χ0) is 13.1. The zero-order valence-corrected chi connectivity index (χ0v) is 11.3. The molecule has 1 N–H and O–H groups in total. The summed E-state index contributed by atoms with van der Waals surface area (Å²) in [4.78, 5) is 0. The van der Waals surface area contributed by atoms with Gasteiger partial charge in [-0.1, -0.05) is 0 Å². The molecule has 0 spiro atoms. The average Bonchev–Trinajstić information content (AvgIpc) is 2.68. The predicted molar refractivity (Wildman–Crippen MR) is 73.0 cm³/mol. The molecule has 1 heterocycles. The fourth-order valence-corrected chi connectivity index (χ4v) is 1.90. The molecule has 0 aliphatic heterocycles. The molecule has 0 aliphatic rings. The minimum atomic E-state index is 0.783. The Kier molecular flexibility index (Phi) is 3.55. The van der Waals surface area contributed by atoms with Crippen LogP contribution in [-0.4, -0.2) is 16.9 Å². The van der Waals surface area contributed by atoms with Gasteiger partial charge < -0.3 is 10.1 Å². The van der Waals surface area contributed by atoms with Crippen molar-refractivity contribution < 1.29 is 4.74 Å². The van der Waals surface area contributed by atoms with Gasteiger partial charge in [-0.25, -0.2) is 0 Å². The van der Waals surface area contributed by atoms with Gasteiger partial charge in [0.2, 0.25) is 0 Å². The van der Waals surface area contributed by atoms with Crippen LogP contribution in [0.3, 0.4) is 0 Å². The summed E-state index contributed by atoms with van der Waals surface area (Å²) >= 11 is 0. The van der Waals surface area contributed by atoms with Crippen molar-refractivity contribution in [1.82, 2.24) is 9.78 Å². The highest BCUT2D eigenvalue weighted by Crippen LogP contribution is 2.22. The topological polar surface area (TPSA) is 39.1 Å². The molecule has 0 saturated carbocycles. The van der Waals surface area contributed by atoms with E-state index in [0.29, 0.717) is 0 Å². The Balaban J connectivity index is 2.06. The maximum Gasteiger partial charge on any atom is 0.121 e. The van der Waals surface area contributed by atoms with Crippen LogP contribution in [0.25, 0.3) is 0 Å². The van der Waals surface area contributed by atoms with Crippen molar-refractivity contribution in [3.63, 3.8) is 0 Å². The number of hydrogen-bond donors (Lipinski definition) is 1. The van der Waals surface area contributed by atoms with Gasteiger partial charge in [0.1, 0.15) is 5.75 Å². The summed E-state index contributed by atoms with van der Waals surface area (Å²) in [7, 11) is 3.64. The molecule has 0 atom stereocenters. The van der Waals surface area contributed by atoms with Crippen LogP contribution in [0, 0.1) is 13.8 Å². The van der Waals surface area contributed by atoms with Crippen molar-refractivity contribution in [2.45, 2.75) is 20.4 Å². The molecule has 4 nitrogen and oxygen atoms in total. The van der Waals surface area contributed by atoms with E-state index in [2.05, 4.69) is 23.4 Å². The molecule has 0 unspecified atom stereocenters. The third-order valence-corrected chi connectivity index (χ3v) is 3.21. The van der Waals surface area contributed by atoms with E-state index in [1.54, 1.807) is 7.11 Å². The van der Waals surface area contributed by atoms with Crippen LogP contribution in [-0.2, 0) is 13.6 Å². The van der Waals surface area contributed by atoms with Crippen LogP contribution in [0.1, 0.15) is 16.8 Å². The van der Waals surface area contributed by atoms with Gasteiger partial charge in [0.15, 0.2) is 0 Å². The van der Waals surface area contributed by atoms with E-state index in [0.717, 1.165) is 23.5 Å². The molecule has 2 rings (SSSR count). The second kappa shape index (κ2) is 5.12. The van der Waals surface area contributed by atoms with Crippen molar-refractivity contribution in [2.24, 2.45) is 7.05 Å². The van der Waals surface area contributed by atoms with Crippen molar-refractivity contribution in [3.05, 3.63) is 41.2 Å². The highest BCUT2D eigenvalue weighted by molar-refractivity contribution is 5.51. The molecule has 0 bridgehead atoms. The van der Waals surface area contributed by atoms with Gasteiger partial charge >= 0.3 is 0 Å². The largest absolute Gasteiger partial charge is 0.496 e. The smallest absolute Gasteiger partial charge is 0.121 e. The van der Waals surface area contributed by atoms with Gasteiger partial charge in [-0.15, -0.1) is 0 Å². The lowest BCUT2D eigenvalue weighted by Crippen LogP contribution is -2.02. The summed E-state index contributed by atoms with van der Waals surface area (Å²) < 4.78 is 7.13. The number of methoxy groups -OCH3 is 1. The molecule has 1 aromatic carbocycles. The molecular formula is C14H19N3O. The maximum absolute atomic E-state index is 5.24. The second-order valence-electron chi connectivity index (χ2n) is 4.42. The number of hydrogen-bond acceptors (Lipinski definition) is 3. The molecule has 0 saturated heterocycles. The molecule has 96 valence electrons. The number of aryl methyl sites for hydroxylation is 2. The van der Waals surface area contributed by atoms with Crippen LogP contribution in [0.15, 0.2) is 24.4 Å². The Morgan fingerprint density at radius 2 is 2.11 bits per heavy atom. The highest BCUT2D eigenvalue weighted by Gasteiger charge is 2.04. The van der Waals surface area contributed by atoms with Gasteiger partial charge in [0.05, 0.1) is 13.3 Å². The second-order valence-corrected chi connectivity index (χ2v) is 4.42. The molecule has 18 heavy (non-hydrogen) atoms. The molecule has 2 aromatic rings. The molecule has 4 heteroatoms. The van der Waals surface area contributed by atoms with E-state index in [-0.39, 0.29) is 0 Å². The van der Waals surface area contributed by atoms with Gasteiger partial charge in [-0.05, 0) is 37.6 Å². The average molecular weight is 245 g/mol. The van der Waals surface area contributed by atoms with E-state index >= 15 is 0 Å². The Hall–Kier alpha value is -1.97. The monoisotopic (exact) mass is 245 g/mol. The first-order valence-corrected chi connectivity index (χ1v) is 5.98. The summed E-state index contributed by atoms with van der Waals surface area (Å²) in [6.45, 7) is 4.90. The highest BCUT2D eigenvalue weighted by atomic mass is 16.5. The van der Waals surface area contributed by atoms with Crippen molar-refractivity contribution >= 4 is 5.69 Å². The predicted octanol–water partition coefficient (Wildman–Crippen LogP) is 2.66. The van der Waals surface area contributed by atoms with E-state index in [1.165, 1.54) is 11.3 Å². The fraction of sp³-hybridized carbons (Fsp3) is 0.357. The summed E-state index contributed by atoms with van der Waals surface area (Å²) in [5, 5.41) is 7.63. The van der Waals surface area contributed by atoms with E-state index < -0.39 is 0 Å². The molecule has 0 aliphatic carbocycles. The molecule has 1 aromatic heterocycles. The van der Waals surface area contributed by atoms with E-state index in [9.17, 15) is 0 Å². The fourth-order valence-electron chi connectivity index (χ4n) is 1.90. The van der Waals surface area contributed by atoms with Crippen LogP contribution in [0.2, 0.25) is 0 Å². The Morgan fingerprint density at radius 1 is 1.33 bits per heavy atom. The van der Waals surface area contributed by atoms with Crippen molar-refractivity contribution in [3.8, 4) is 5.75 Å². The van der Waals surface area contributed by atoms with Crippen LogP contribution in [0.4, 0.5) is 5.69 Å². The Morgan fingerprint density at radius 3 is 2.67 bits per heavy atom. The first-order chi connectivity index (χ1) is 8.61. The molecule has 0 radical (unpaired) electrons. The zero-order valence-electron chi connectivity index (χ0n) is 11.3. The van der Waals surface area contributed by atoms with Crippen LogP contribution < -0.4 is 10.1 Å². The minimum Gasteiger partial charge on any atom is -0.496 e. The van der Waals surface area contributed by atoms with Gasteiger partial charge in [-0.3, -0.25) is 4.68 Å². The molecular weight excluding hydrogens is 226 g/mol. The lowest BCUT2D eigenvalue weighted by Gasteiger charge is -2.09. The standard InChI is InChI=1S/C14H19N3O/c1-10-7-13(5-6-14(10)18-4)15-8-12-9-16-17(3)11(12)2/h5-7,9,15H,8H2,1-4H3. The van der Waals surface area contributed by atoms with Gasteiger partial charge in [-0.2, -0.15) is 5.10 Å². The van der Waals surface area contributed by atoms with Crippen LogP contribution in [0.5, 0.6) is 5.75 Å². The summed E-state index contributed by atoms with van der Waals surface area (Å²) in [6.07, 6.45) is 1.90. The van der Waals surface area contributed by atoms with Crippen molar-refractivity contribution in [2.75, 3.05) is 12.4 Å². The number of aromatic nitrogens is 2. The Bertz CT molecular complexity index is 546. The number of nitrogens with zero attached hydrogens (tertiary/aromatic N) is 2.